The molecule has 0 atom stereocenters. The van der Waals surface area contributed by atoms with E-state index in [4.69, 9.17) is 0 Å². The molecule has 96 valence electrons. The maximum absolute atomic E-state index is 2.20. The third-order valence-corrected chi connectivity index (χ3v) is 1.94. The summed E-state index contributed by atoms with van der Waals surface area (Å²) in [5, 5.41) is 0. The Bertz CT molecular complexity index is 299. The van der Waals surface area contributed by atoms with Crippen molar-refractivity contribution in [2.75, 3.05) is 27.7 Å². The van der Waals surface area contributed by atoms with E-state index in [1.54, 1.807) is 0 Å². The zero-order valence-corrected chi connectivity index (χ0v) is 13.3. The molecule has 0 saturated heterocycles. The van der Waals surface area contributed by atoms with Crippen LogP contribution in [-0.4, -0.2) is 32.2 Å². The second-order valence-electron chi connectivity index (χ2n) is 4.70. The van der Waals surface area contributed by atoms with Crippen LogP contribution in [0.1, 0.15) is 0 Å². The minimum atomic E-state index is 0. The number of hydrogen-bond donors (Lipinski definition) is 0. The number of nitrogens with zero attached hydrogens (tertiary/aromatic N) is 1. The molecular formula is C14H20BrFeN. The normalized spacial score (nSPS) is 15.6. The molecule has 0 aromatic heterocycles. The molecular weight excluding hydrogens is 318 g/mol. The molecule has 0 amide bonds. The smallest absolute Gasteiger partial charge is 0.101 e. The molecule has 0 bridgehead atoms. The van der Waals surface area contributed by atoms with Gasteiger partial charge in [-0.05, 0) is 5.57 Å². The molecule has 0 aromatic rings. The minimum absolute atomic E-state index is 0. The van der Waals surface area contributed by atoms with Crippen LogP contribution in [0.2, 0.25) is 0 Å². The fourth-order valence-corrected chi connectivity index (χ4v) is 1.39. The molecule has 0 aromatic carbocycles. The van der Waals surface area contributed by atoms with Crippen molar-refractivity contribution in [1.82, 2.24) is 0 Å². The predicted molar refractivity (Wildman–Crippen MR) is 67.0 cm³/mol. The number of likely N-dealkylation sites (N-methyl/N-ethyl adjacent to an activating group) is 1. The van der Waals surface area contributed by atoms with Gasteiger partial charge in [-0.1, -0.05) is 42.5 Å². The average Bonchev–Trinajstić information content (AvgIpc) is 2.71. The molecule has 2 radical (unpaired) electrons. The number of hydrogen-bond acceptors (Lipinski definition) is 0. The molecule has 2 rings (SSSR count). The minimum Gasteiger partial charge on any atom is -1.00 e. The van der Waals surface area contributed by atoms with Gasteiger partial charge in [0.1, 0.15) is 6.54 Å². The second-order valence-corrected chi connectivity index (χ2v) is 4.70. The maximum atomic E-state index is 2.20. The Kier molecular flexibility index (Phi) is 11.2. The van der Waals surface area contributed by atoms with Crippen LogP contribution < -0.4 is 17.0 Å². The number of quaternary nitrogens is 1. The van der Waals surface area contributed by atoms with Gasteiger partial charge in [0.25, 0.3) is 0 Å². The molecule has 0 fully saturated rings. The van der Waals surface area contributed by atoms with Crippen LogP contribution in [0.25, 0.3) is 0 Å². The van der Waals surface area contributed by atoms with Gasteiger partial charge < -0.3 is 21.5 Å². The molecule has 0 unspecified atom stereocenters. The Morgan fingerprint density at radius 2 is 1.47 bits per heavy atom. The Balaban J connectivity index is 0. The van der Waals surface area contributed by atoms with Crippen molar-refractivity contribution in [3.63, 3.8) is 0 Å². The molecule has 0 saturated carbocycles. The van der Waals surface area contributed by atoms with Gasteiger partial charge in [0.05, 0.1) is 21.1 Å². The number of halogens is 1. The first-order chi connectivity index (χ1) is 7.08. The Morgan fingerprint density at radius 1 is 0.882 bits per heavy atom. The maximum Gasteiger partial charge on any atom is 0.101 e. The van der Waals surface area contributed by atoms with Crippen LogP contribution in [0.4, 0.5) is 0 Å². The summed E-state index contributed by atoms with van der Waals surface area (Å²) in [6.07, 6.45) is 18.5. The van der Waals surface area contributed by atoms with Gasteiger partial charge in [-0.25, -0.2) is 0 Å². The summed E-state index contributed by atoms with van der Waals surface area (Å²) in [5.41, 5.74) is 1.42. The molecule has 0 aliphatic heterocycles. The summed E-state index contributed by atoms with van der Waals surface area (Å²) >= 11 is 0. The van der Waals surface area contributed by atoms with Crippen molar-refractivity contribution in [2.45, 2.75) is 0 Å². The van der Waals surface area contributed by atoms with E-state index in [-0.39, 0.29) is 34.1 Å². The van der Waals surface area contributed by atoms with Gasteiger partial charge in [0.2, 0.25) is 0 Å². The quantitative estimate of drug-likeness (QED) is 0.480. The molecule has 2 aliphatic rings. The van der Waals surface area contributed by atoms with Crippen LogP contribution in [0.5, 0.6) is 0 Å². The van der Waals surface area contributed by atoms with Crippen molar-refractivity contribution in [3.05, 3.63) is 60.9 Å². The van der Waals surface area contributed by atoms with E-state index in [9.17, 15) is 0 Å². The third-order valence-electron chi connectivity index (χ3n) is 1.94. The zero-order valence-electron chi connectivity index (χ0n) is 10.6. The van der Waals surface area contributed by atoms with E-state index < -0.39 is 0 Å². The van der Waals surface area contributed by atoms with Crippen LogP contribution in [-0.2, 0) is 17.1 Å². The molecule has 0 heterocycles. The van der Waals surface area contributed by atoms with Crippen molar-refractivity contribution in [1.29, 1.82) is 0 Å². The van der Waals surface area contributed by atoms with Gasteiger partial charge in [-0.15, -0.1) is 0 Å². The van der Waals surface area contributed by atoms with Crippen LogP contribution in [0.3, 0.4) is 0 Å². The number of rotatable bonds is 2. The first kappa shape index (κ1) is 19.3. The molecule has 1 nitrogen and oxygen atoms in total. The molecule has 3 heteroatoms. The Hall–Kier alpha value is -0.0805. The monoisotopic (exact) mass is 337 g/mol. The molecule has 0 N–H and O–H groups in total. The SMILES string of the molecule is C[N+](C)(C)CC1=CC=C[CH]1.[Br-].[CH]1C=CC=C1.[Fe]. The number of allylic oxidation sites excluding steroid dienone is 7. The van der Waals surface area contributed by atoms with E-state index in [0.29, 0.717) is 0 Å². The van der Waals surface area contributed by atoms with E-state index in [1.807, 2.05) is 30.7 Å². The average molecular weight is 338 g/mol. The van der Waals surface area contributed by atoms with Crippen molar-refractivity contribution < 1.29 is 38.5 Å². The summed E-state index contributed by atoms with van der Waals surface area (Å²) in [7, 11) is 6.60. The van der Waals surface area contributed by atoms with Crippen LogP contribution in [0, 0.1) is 12.8 Å². The largest absolute Gasteiger partial charge is 1.00 e. The Labute approximate surface area is 127 Å². The summed E-state index contributed by atoms with van der Waals surface area (Å²) in [5.74, 6) is 0. The van der Waals surface area contributed by atoms with Gasteiger partial charge >= 0.3 is 0 Å². The van der Waals surface area contributed by atoms with Gasteiger partial charge in [-0.2, -0.15) is 0 Å². The van der Waals surface area contributed by atoms with Gasteiger partial charge in [-0.3, -0.25) is 0 Å². The molecule has 17 heavy (non-hydrogen) atoms. The van der Waals surface area contributed by atoms with Gasteiger partial charge in [0, 0.05) is 29.9 Å². The Morgan fingerprint density at radius 3 is 1.76 bits per heavy atom. The second kappa shape index (κ2) is 9.90. The van der Waals surface area contributed by atoms with E-state index in [0.717, 1.165) is 11.0 Å². The fraction of sp³-hybridized carbons (Fsp3) is 0.286. The predicted octanol–water partition coefficient (Wildman–Crippen LogP) is -0.289. The van der Waals surface area contributed by atoms with Crippen molar-refractivity contribution in [3.8, 4) is 0 Å². The molecule has 0 spiro atoms. The fourth-order valence-electron chi connectivity index (χ4n) is 1.39. The third kappa shape index (κ3) is 10.8. The van der Waals surface area contributed by atoms with E-state index in [1.165, 1.54) is 5.57 Å². The summed E-state index contributed by atoms with van der Waals surface area (Å²) in [6, 6.07) is 0. The summed E-state index contributed by atoms with van der Waals surface area (Å²) in [4.78, 5) is 0. The first-order valence-corrected chi connectivity index (χ1v) is 5.26. The summed E-state index contributed by atoms with van der Waals surface area (Å²) < 4.78 is 1.00. The topological polar surface area (TPSA) is 0 Å². The van der Waals surface area contributed by atoms with Gasteiger partial charge in [0.15, 0.2) is 0 Å². The van der Waals surface area contributed by atoms with Crippen LogP contribution in [0.15, 0.2) is 48.1 Å². The summed E-state index contributed by atoms with van der Waals surface area (Å²) in [6.45, 7) is 1.12. The van der Waals surface area contributed by atoms with E-state index in [2.05, 4.69) is 45.8 Å². The van der Waals surface area contributed by atoms with Crippen molar-refractivity contribution >= 4 is 0 Å². The molecule has 2 aliphatic carbocycles. The first-order valence-electron chi connectivity index (χ1n) is 5.26. The zero-order chi connectivity index (χ0) is 11.1. The van der Waals surface area contributed by atoms with Crippen molar-refractivity contribution in [2.24, 2.45) is 0 Å². The van der Waals surface area contributed by atoms with Crippen LogP contribution >= 0.6 is 0 Å². The standard InChI is InChI=1S/C9H15N.C5H5.BrH.Fe/c1-10(2,3)8-9-6-4-5-7-9;1-2-4-5-3-1;;/h4-7H,8H2,1-3H3;1-5H;1H;/q+1;;;/p-1. The van der Waals surface area contributed by atoms with E-state index >= 15 is 0 Å².